The molecule has 1 aromatic carbocycles. The average Bonchev–Trinajstić information content (AvgIpc) is 2.40. The third-order valence-corrected chi connectivity index (χ3v) is 4.29. The fourth-order valence-corrected chi connectivity index (χ4v) is 2.99. The van der Waals surface area contributed by atoms with Crippen molar-refractivity contribution in [3.63, 3.8) is 0 Å². The second-order valence-electron chi connectivity index (χ2n) is 5.23. The van der Waals surface area contributed by atoms with Crippen LogP contribution in [0.2, 0.25) is 0 Å². The number of aliphatic carboxylic acids is 1. The van der Waals surface area contributed by atoms with Gasteiger partial charge in [-0.1, -0.05) is 37.3 Å². The summed E-state index contributed by atoms with van der Waals surface area (Å²) in [7, 11) is 2.07. The van der Waals surface area contributed by atoms with E-state index < -0.39 is 11.4 Å². The van der Waals surface area contributed by atoms with Gasteiger partial charge < -0.3 is 14.8 Å². The highest BCUT2D eigenvalue weighted by molar-refractivity contribution is 5.85. The molecule has 1 heterocycles. The van der Waals surface area contributed by atoms with Crippen LogP contribution >= 0.6 is 12.4 Å². The van der Waals surface area contributed by atoms with Gasteiger partial charge in [-0.2, -0.15) is 0 Å². The second-order valence-corrected chi connectivity index (χ2v) is 5.23. The van der Waals surface area contributed by atoms with Crippen LogP contribution in [-0.4, -0.2) is 30.5 Å². The molecule has 0 aliphatic carbocycles. The van der Waals surface area contributed by atoms with Crippen LogP contribution in [0, 0.1) is 0 Å². The van der Waals surface area contributed by atoms with E-state index in [4.69, 9.17) is 0 Å². The number of benzene rings is 1. The number of carbonyl (C=O) groups excluding carboxylic acids is 1. The third-order valence-electron chi connectivity index (χ3n) is 4.29. The third kappa shape index (κ3) is 2.93. The fraction of sp³-hybridized carbons (Fsp3) is 0.533. The van der Waals surface area contributed by atoms with Gasteiger partial charge >= 0.3 is 0 Å². The van der Waals surface area contributed by atoms with Crippen LogP contribution in [0.1, 0.15) is 31.7 Å². The van der Waals surface area contributed by atoms with Crippen molar-refractivity contribution in [2.24, 2.45) is 0 Å². The Hall–Kier alpha value is -1.06. The van der Waals surface area contributed by atoms with E-state index in [1.807, 2.05) is 30.3 Å². The number of nitrogens with zero attached hydrogens (tertiary/aromatic N) is 1. The zero-order valence-corrected chi connectivity index (χ0v) is 12.3. The van der Waals surface area contributed by atoms with Crippen molar-refractivity contribution >= 4 is 18.4 Å². The van der Waals surface area contributed by atoms with Gasteiger partial charge in [-0.3, -0.25) is 0 Å². The minimum atomic E-state index is -0.930. The molecule has 0 aromatic heterocycles. The van der Waals surface area contributed by atoms with Gasteiger partial charge in [-0.05, 0) is 38.4 Å². The van der Waals surface area contributed by atoms with Crippen LogP contribution in [-0.2, 0) is 10.2 Å². The fourth-order valence-electron chi connectivity index (χ4n) is 2.99. The van der Waals surface area contributed by atoms with Gasteiger partial charge in [0.05, 0.1) is 5.97 Å². The topological polar surface area (TPSA) is 43.4 Å². The number of carbonyl (C=O) groups is 1. The largest absolute Gasteiger partial charge is 0.549 e. The molecule has 1 saturated heterocycles. The summed E-state index contributed by atoms with van der Waals surface area (Å²) in [5.74, 6) is -0.930. The highest BCUT2D eigenvalue weighted by atomic mass is 35.5. The molecule has 1 aliphatic heterocycles. The van der Waals surface area contributed by atoms with Gasteiger partial charge in [0.2, 0.25) is 0 Å². The number of likely N-dealkylation sites (tertiary alicyclic amines) is 1. The Morgan fingerprint density at radius 1 is 1.42 bits per heavy atom. The van der Waals surface area contributed by atoms with E-state index in [0.717, 1.165) is 18.5 Å². The van der Waals surface area contributed by atoms with Gasteiger partial charge in [0, 0.05) is 11.5 Å². The van der Waals surface area contributed by atoms with Crippen molar-refractivity contribution in [3.8, 4) is 0 Å². The lowest BCUT2D eigenvalue weighted by atomic mass is 9.70. The molecule has 1 fully saturated rings. The molecule has 0 amide bonds. The van der Waals surface area contributed by atoms with Gasteiger partial charge in [-0.15, -0.1) is 12.4 Å². The summed E-state index contributed by atoms with van der Waals surface area (Å²) in [5, 5.41) is 11.7. The maximum Gasteiger partial charge on any atom is 0.0521 e. The maximum atomic E-state index is 11.7. The average molecular weight is 283 g/mol. The molecule has 3 nitrogen and oxygen atoms in total. The molecule has 2 rings (SSSR count). The number of hydrogen-bond acceptors (Lipinski definition) is 3. The highest BCUT2D eigenvalue weighted by Crippen LogP contribution is 2.38. The number of rotatable bonds is 3. The Bertz CT molecular complexity index is 423. The summed E-state index contributed by atoms with van der Waals surface area (Å²) < 4.78 is 0. The molecule has 19 heavy (non-hydrogen) atoms. The van der Waals surface area contributed by atoms with Crippen molar-refractivity contribution < 1.29 is 9.90 Å². The Morgan fingerprint density at radius 2 is 2.05 bits per heavy atom. The molecule has 0 saturated carbocycles. The smallest absolute Gasteiger partial charge is 0.0521 e. The SMILES string of the molecule is CCC1CC(C(=O)[O-])(c2ccccc2)CCN1C.Cl. The normalized spacial score (nSPS) is 27.6. The molecular formula is C15H21ClNO2-. The van der Waals surface area contributed by atoms with Gasteiger partial charge in [0.1, 0.15) is 0 Å². The lowest BCUT2D eigenvalue weighted by Gasteiger charge is -2.46. The molecular weight excluding hydrogens is 262 g/mol. The summed E-state index contributed by atoms with van der Waals surface area (Å²) in [6.45, 7) is 2.92. The first-order valence-electron chi connectivity index (χ1n) is 6.57. The first kappa shape index (κ1) is 16.0. The van der Waals surface area contributed by atoms with Crippen LogP contribution < -0.4 is 5.11 Å². The quantitative estimate of drug-likeness (QED) is 0.846. The molecule has 0 radical (unpaired) electrons. The molecule has 106 valence electrons. The van der Waals surface area contributed by atoms with Crippen molar-refractivity contribution in [2.45, 2.75) is 37.6 Å². The van der Waals surface area contributed by atoms with Crippen LogP contribution in [0.3, 0.4) is 0 Å². The van der Waals surface area contributed by atoms with Crippen LogP contribution in [0.4, 0.5) is 0 Å². The zero-order valence-electron chi connectivity index (χ0n) is 11.5. The molecule has 0 bridgehead atoms. The molecule has 4 heteroatoms. The van der Waals surface area contributed by atoms with Gasteiger partial charge in [-0.25, -0.2) is 0 Å². The van der Waals surface area contributed by atoms with E-state index in [0.29, 0.717) is 18.9 Å². The van der Waals surface area contributed by atoms with Crippen molar-refractivity contribution in [1.29, 1.82) is 0 Å². The van der Waals surface area contributed by atoms with E-state index in [2.05, 4.69) is 18.9 Å². The van der Waals surface area contributed by atoms with E-state index in [-0.39, 0.29) is 12.4 Å². The minimum absolute atomic E-state index is 0. The summed E-state index contributed by atoms with van der Waals surface area (Å²) in [5.41, 5.74) is 0.0746. The first-order chi connectivity index (χ1) is 8.60. The Balaban J connectivity index is 0.00000180. The summed E-state index contributed by atoms with van der Waals surface area (Å²) >= 11 is 0. The first-order valence-corrected chi connectivity index (χ1v) is 6.57. The van der Waals surface area contributed by atoms with Crippen LogP contribution in [0.5, 0.6) is 0 Å². The summed E-state index contributed by atoms with van der Waals surface area (Å²) in [4.78, 5) is 14.0. The minimum Gasteiger partial charge on any atom is -0.549 e. The van der Waals surface area contributed by atoms with E-state index >= 15 is 0 Å². The molecule has 0 spiro atoms. The Labute approximate surface area is 121 Å². The standard InChI is InChI=1S/C15H21NO2.ClH/c1-3-13-11-15(14(17)18,9-10-16(13)2)12-7-5-4-6-8-12;/h4-8,13H,3,9-11H2,1-2H3,(H,17,18);1H/p-1. The Kier molecular flexibility index (Phi) is 5.39. The number of piperidine rings is 1. The molecule has 2 unspecified atom stereocenters. The van der Waals surface area contributed by atoms with Crippen molar-refractivity contribution in [2.75, 3.05) is 13.6 Å². The van der Waals surface area contributed by atoms with E-state index in [1.54, 1.807) is 0 Å². The maximum absolute atomic E-state index is 11.7. The number of hydrogen-bond donors (Lipinski definition) is 0. The zero-order chi connectivity index (χ0) is 13.2. The molecule has 0 N–H and O–H groups in total. The second kappa shape index (κ2) is 6.40. The molecule has 1 aliphatic rings. The lowest BCUT2D eigenvalue weighted by Crippen LogP contribution is -2.55. The van der Waals surface area contributed by atoms with Crippen molar-refractivity contribution in [3.05, 3.63) is 35.9 Å². The van der Waals surface area contributed by atoms with Crippen molar-refractivity contribution in [1.82, 2.24) is 4.90 Å². The number of halogens is 1. The molecule has 2 atom stereocenters. The van der Waals surface area contributed by atoms with E-state index in [9.17, 15) is 9.90 Å². The highest BCUT2D eigenvalue weighted by Gasteiger charge is 2.40. The number of carboxylic acid groups (broad SMARTS) is 1. The Morgan fingerprint density at radius 3 is 2.58 bits per heavy atom. The predicted octanol–water partition coefficient (Wildman–Crippen LogP) is 1.60. The van der Waals surface area contributed by atoms with Crippen LogP contribution in [0.25, 0.3) is 0 Å². The molecule has 1 aromatic rings. The van der Waals surface area contributed by atoms with Gasteiger partial charge in [0.15, 0.2) is 0 Å². The summed E-state index contributed by atoms with van der Waals surface area (Å²) in [6, 6.07) is 9.86. The summed E-state index contributed by atoms with van der Waals surface area (Å²) in [6.07, 6.45) is 2.25. The van der Waals surface area contributed by atoms with Crippen LogP contribution in [0.15, 0.2) is 30.3 Å². The number of carboxylic acids is 1. The lowest BCUT2D eigenvalue weighted by molar-refractivity contribution is -0.316. The monoisotopic (exact) mass is 282 g/mol. The van der Waals surface area contributed by atoms with E-state index in [1.165, 1.54) is 0 Å². The van der Waals surface area contributed by atoms with Gasteiger partial charge in [0.25, 0.3) is 0 Å². The predicted molar refractivity (Wildman–Crippen MR) is 76.3 cm³/mol.